The van der Waals surface area contributed by atoms with E-state index in [0.29, 0.717) is 0 Å². The van der Waals surface area contributed by atoms with Gasteiger partial charge in [0.25, 0.3) is 0 Å². The van der Waals surface area contributed by atoms with Gasteiger partial charge in [-0.15, -0.1) is 0 Å². The quantitative estimate of drug-likeness (QED) is 0.687. The predicted octanol–water partition coefficient (Wildman–Crippen LogP) is 3.65. The molecule has 1 nitrogen and oxygen atoms in total. The van der Waals surface area contributed by atoms with Crippen molar-refractivity contribution in [1.29, 1.82) is 5.26 Å². The Morgan fingerprint density at radius 3 is 2.64 bits per heavy atom. The van der Waals surface area contributed by atoms with E-state index < -0.39 is 0 Å². The van der Waals surface area contributed by atoms with Gasteiger partial charge in [0, 0.05) is 5.02 Å². The van der Waals surface area contributed by atoms with Crippen LogP contribution in [0.3, 0.4) is 0 Å². The SMILES string of the molecule is CC1(c2cc(Cl)ccc2C#N)CCC1. The third kappa shape index (κ3) is 1.40. The predicted molar refractivity (Wildman–Crippen MR) is 57.4 cm³/mol. The highest BCUT2D eigenvalue weighted by Gasteiger charge is 2.35. The molecule has 0 N–H and O–H groups in total. The zero-order chi connectivity index (χ0) is 10.2. The molecule has 0 spiro atoms. The van der Waals surface area contributed by atoms with Gasteiger partial charge in [-0.2, -0.15) is 5.26 Å². The Bertz CT molecular complexity index is 399. The number of rotatable bonds is 1. The van der Waals surface area contributed by atoms with Gasteiger partial charge in [-0.3, -0.25) is 0 Å². The molecule has 0 heterocycles. The van der Waals surface area contributed by atoms with Gasteiger partial charge in [0.05, 0.1) is 11.6 Å². The summed E-state index contributed by atoms with van der Waals surface area (Å²) in [5.74, 6) is 0. The highest BCUT2D eigenvalue weighted by Crippen LogP contribution is 2.44. The van der Waals surface area contributed by atoms with Crippen LogP contribution in [0.4, 0.5) is 0 Å². The second kappa shape index (κ2) is 3.29. The minimum Gasteiger partial charge on any atom is -0.192 e. The molecule has 0 saturated heterocycles. The second-order valence-corrected chi connectivity index (χ2v) is 4.65. The fourth-order valence-electron chi connectivity index (χ4n) is 2.09. The van der Waals surface area contributed by atoms with E-state index in [1.807, 2.05) is 12.1 Å². The van der Waals surface area contributed by atoms with Crippen LogP contribution in [0.15, 0.2) is 18.2 Å². The van der Waals surface area contributed by atoms with Crippen molar-refractivity contribution in [2.24, 2.45) is 0 Å². The first kappa shape index (κ1) is 9.55. The lowest BCUT2D eigenvalue weighted by atomic mass is 9.65. The summed E-state index contributed by atoms with van der Waals surface area (Å²) < 4.78 is 0. The first-order valence-electron chi connectivity index (χ1n) is 4.86. The lowest BCUT2D eigenvalue weighted by Gasteiger charge is -2.39. The molecule has 2 heteroatoms. The van der Waals surface area contributed by atoms with Gasteiger partial charge in [0.2, 0.25) is 0 Å². The maximum atomic E-state index is 9.00. The van der Waals surface area contributed by atoms with E-state index in [0.717, 1.165) is 16.1 Å². The maximum Gasteiger partial charge on any atom is 0.0994 e. The van der Waals surface area contributed by atoms with Crippen molar-refractivity contribution in [2.45, 2.75) is 31.6 Å². The molecular formula is C12H12ClN. The van der Waals surface area contributed by atoms with Crippen LogP contribution in [0.5, 0.6) is 0 Å². The van der Waals surface area contributed by atoms with E-state index in [1.54, 1.807) is 6.07 Å². The van der Waals surface area contributed by atoms with Crippen molar-refractivity contribution in [1.82, 2.24) is 0 Å². The Morgan fingerprint density at radius 1 is 1.43 bits per heavy atom. The van der Waals surface area contributed by atoms with Crippen LogP contribution >= 0.6 is 11.6 Å². The molecule has 0 radical (unpaired) electrons. The molecule has 0 amide bonds. The zero-order valence-corrected chi connectivity index (χ0v) is 8.93. The first-order chi connectivity index (χ1) is 6.65. The van der Waals surface area contributed by atoms with Gasteiger partial charge in [-0.25, -0.2) is 0 Å². The van der Waals surface area contributed by atoms with E-state index in [4.69, 9.17) is 16.9 Å². The smallest absolute Gasteiger partial charge is 0.0994 e. The van der Waals surface area contributed by atoms with Crippen LogP contribution < -0.4 is 0 Å². The van der Waals surface area contributed by atoms with Crippen LogP contribution in [0, 0.1) is 11.3 Å². The summed E-state index contributed by atoms with van der Waals surface area (Å²) in [5.41, 5.74) is 2.09. The van der Waals surface area contributed by atoms with Crippen molar-refractivity contribution >= 4 is 11.6 Å². The topological polar surface area (TPSA) is 23.8 Å². The minimum absolute atomic E-state index is 0.190. The minimum atomic E-state index is 0.190. The maximum absolute atomic E-state index is 9.00. The van der Waals surface area contributed by atoms with Crippen LogP contribution in [0.1, 0.15) is 37.3 Å². The van der Waals surface area contributed by atoms with E-state index in [2.05, 4.69) is 13.0 Å². The lowest BCUT2D eigenvalue weighted by Crippen LogP contribution is -2.31. The molecule has 0 atom stereocenters. The monoisotopic (exact) mass is 205 g/mol. The van der Waals surface area contributed by atoms with E-state index in [-0.39, 0.29) is 5.41 Å². The molecule has 0 aromatic heterocycles. The average Bonchev–Trinajstić information content (AvgIpc) is 2.14. The Kier molecular flexibility index (Phi) is 2.25. The molecular weight excluding hydrogens is 194 g/mol. The molecule has 14 heavy (non-hydrogen) atoms. The molecule has 1 aromatic rings. The van der Waals surface area contributed by atoms with Crippen LogP contribution in [0.2, 0.25) is 5.02 Å². The fraction of sp³-hybridized carbons (Fsp3) is 0.417. The Balaban J connectivity index is 2.50. The van der Waals surface area contributed by atoms with Gasteiger partial charge in [-0.1, -0.05) is 24.9 Å². The molecule has 1 saturated carbocycles. The van der Waals surface area contributed by atoms with Crippen LogP contribution in [0.25, 0.3) is 0 Å². The van der Waals surface area contributed by atoms with Gasteiger partial charge < -0.3 is 0 Å². The first-order valence-corrected chi connectivity index (χ1v) is 5.24. The molecule has 72 valence electrons. The highest BCUT2D eigenvalue weighted by molar-refractivity contribution is 6.30. The van der Waals surface area contributed by atoms with Gasteiger partial charge >= 0.3 is 0 Å². The Hall–Kier alpha value is -1.00. The van der Waals surface area contributed by atoms with E-state index >= 15 is 0 Å². The van der Waals surface area contributed by atoms with Crippen molar-refractivity contribution in [2.75, 3.05) is 0 Å². The molecule has 0 bridgehead atoms. The summed E-state index contributed by atoms with van der Waals surface area (Å²) >= 11 is 5.95. The largest absolute Gasteiger partial charge is 0.192 e. The second-order valence-electron chi connectivity index (χ2n) is 4.22. The molecule has 0 aliphatic heterocycles. The van der Waals surface area contributed by atoms with Crippen molar-refractivity contribution in [3.63, 3.8) is 0 Å². The summed E-state index contributed by atoms with van der Waals surface area (Å²) in [6.07, 6.45) is 3.60. The Labute approximate surface area is 89.3 Å². The van der Waals surface area contributed by atoms with E-state index in [9.17, 15) is 0 Å². The molecule has 1 aromatic carbocycles. The molecule has 0 unspecified atom stereocenters. The third-order valence-corrected chi connectivity index (χ3v) is 3.44. The lowest BCUT2D eigenvalue weighted by molar-refractivity contribution is 0.271. The average molecular weight is 206 g/mol. The van der Waals surface area contributed by atoms with Crippen LogP contribution in [-0.4, -0.2) is 0 Å². The molecule has 2 rings (SSSR count). The van der Waals surface area contributed by atoms with Crippen molar-refractivity contribution in [3.8, 4) is 6.07 Å². The van der Waals surface area contributed by atoms with Gasteiger partial charge in [0.1, 0.15) is 0 Å². The number of benzene rings is 1. The summed E-state index contributed by atoms with van der Waals surface area (Å²) in [7, 11) is 0. The number of nitrogens with zero attached hydrogens (tertiary/aromatic N) is 1. The highest BCUT2D eigenvalue weighted by atomic mass is 35.5. The molecule has 1 aliphatic carbocycles. The van der Waals surface area contributed by atoms with Crippen molar-refractivity contribution < 1.29 is 0 Å². The summed E-state index contributed by atoms with van der Waals surface area (Å²) in [6.45, 7) is 2.21. The zero-order valence-electron chi connectivity index (χ0n) is 8.18. The Morgan fingerprint density at radius 2 is 2.14 bits per heavy atom. The number of halogens is 1. The molecule has 1 fully saturated rings. The molecule has 1 aliphatic rings. The number of hydrogen-bond donors (Lipinski definition) is 0. The van der Waals surface area contributed by atoms with Crippen LogP contribution in [-0.2, 0) is 5.41 Å². The number of nitriles is 1. The van der Waals surface area contributed by atoms with Gasteiger partial charge in [-0.05, 0) is 42.0 Å². The summed E-state index contributed by atoms with van der Waals surface area (Å²) in [6, 6.07) is 7.79. The van der Waals surface area contributed by atoms with Gasteiger partial charge in [0.15, 0.2) is 0 Å². The standard InChI is InChI=1S/C12H12ClN/c1-12(5-2-6-12)11-7-10(13)4-3-9(11)8-14/h3-4,7H,2,5-6H2,1H3. The van der Waals surface area contributed by atoms with E-state index in [1.165, 1.54) is 19.3 Å². The summed E-state index contributed by atoms with van der Waals surface area (Å²) in [4.78, 5) is 0. The third-order valence-electron chi connectivity index (χ3n) is 3.21. The summed E-state index contributed by atoms with van der Waals surface area (Å²) in [5, 5.41) is 9.73. The normalized spacial score (nSPS) is 18.4. The fourth-order valence-corrected chi connectivity index (χ4v) is 2.26. The number of hydrogen-bond acceptors (Lipinski definition) is 1. The van der Waals surface area contributed by atoms with Crippen molar-refractivity contribution in [3.05, 3.63) is 34.3 Å².